The number of methoxy groups -OCH3 is 1. The number of rotatable bonds is 6. The van der Waals surface area contributed by atoms with E-state index in [0.717, 1.165) is 29.9 Å². The Labute approximate surface area is 131 Å². The highest BCUT2D eigenvalue weighted by Gasteiger charge is 2.25. The van der Waals surface area contributed by atoms with Crippen LogP contribution in [0.15, 0.2) is 18.2 Å². The molecule has 1 atom stereocenters. The van der Waals surface area contributed by atoms with Gasteiger partial charge in [0.05, 0.1) is 13.0 Å². The zero-order chi connectivity index (χ0) is 14.4. The van der Waals surface area contributed by atoms with E-state index in [-0.39, 0.29) is 24.2 Å². The molecule has 0 bridgehead atoms. The van der Waals surface area contributed by atoms with Crippen molar-refractivity contribution in [2.75, 3.05) is 26.8 Å². The largest absolute Gasteiger partial charge is 0.497 e. The van der Waals surface area contributed by atoms with Crippen molar-refractivity contribution in [1.29, 1.82) is 0 Å². The van der Waals surface area contributed by atoms with Crippen molar-refractivity contribution in [3.8, 4) is 11.5 Å². The van der Waals surface area contributed by atoms with Gasteiger partial charge in [-0.1, -0.05) is 0 Å². The molecular formula is C15H23ClN2O3. The summed E-state index contributed by atoms with van der Waals surface area (Å²) < 4.78 is 10.8. The number of unbranched alkanes of at least 4 members (excludes halogenated alkanes) is 1. The average Bonchev–Trinajstić information content (AvgIpc) is 2.50. The Morgan fingerprint density at radius 3 is 3.00 bits per heavy atom. The second-order valence-corrected chi connectivity index (χ2v) is 4.97. The van der Waals surface area contributed by atoms with E-state index in [1.54, 1.807) is 7.11 Å². The van der Waals surface area contributed by atoms with Crippen LogP contribution in [0, 0.1) is 5.92 Å². The third kappa shape index (κ3) is 4.79. The maximum absolute atomic E-state index is 12.1. The molecule has 0 saturated heterocycles. The molecule has 1 aliphatic rings. The minimum absolute atomic E-state index is 0. The summed E-state index contributed by atoms with van der Waals surface area (Å²) in [5.41, 5.74) is 6.45. The zero-order valence-electron chi connectivity index (χ0n) is 12.3. The first-order chi connectivity index (χ1) is 9.74. The summed E-state index contributed by atoms with van der Waals surface area (Å²) >= 11 is 0. The number of halogens is 1. The second kappa shape index (κ2) is 8.74. The van der Waals surface area contributed by atoms with Gasteiger partial charge in [-0.25, -0.2) is 0 Å². The number of nitrogens with one attached hydrogen (secondary N) is 1. The molecule has 0 aliphatic carbocycles. The highest BCUT2D eigenvalue weighted by molar-refractivity contribution is 5.85. The number of hydrogen-bond acceptors (Lipinski definition) is 4. The van der Waals surface area contributed by atoms with Crippen LogP contribution < -0.4 is 20.5 Å². The molecule has 1 unspecified atom stereocenters. The van der Waals surface area contributed by atoms with Crippen LogP contribution in [-0.2, 0) is 11.2 Å². The van der Waals surface area contributed by atoms with Crippen LogP contribution in [-0.4, -0.2) is 32.7 Å². The lowest BCUT2D eigenvalue weighted by atomic mass is 9.96. The number of carbonyl (C=O) groups is 1. The number of benzene rings is 1. The van der Waals surface area contributed by atoms with Crippen molar-refractivity contribution in [1.82, 2.24) is 5.32 Å². The third-order valence-electron chi connectivity index (χ3n) is 3.47. The number of ether oxygens (including phenoxy) is 2. The van der Waals surface area contributed by atoms with Gasteiger partial charge in [-0.05, 0) is 49.6 Å². The quantitative estimate of drug-likeness (QED) is 0.781. The first kappa shape index (κ1) is 17.6. The Balaban J connectivity index is 0.00000220. The monoisotopic (exact) mass is 314 g/mol. The summed E-state index contributed by atoms with van der Waals surface area (Å²) in [4.78, 5) is 12.1. The van der Waals surface area contributed by atoms with E-state index in [2.05, 4.69) is 5.32 Å². The minimum atomic E-state index is -0.132. The second-order valence-electron chi connectivity index (χ2n) is 4.97. The lowest BCUT2D eigenvalue weighted by Gasteiger charge is -2.25. The predicted molar refractivity (Wildman–Crippen MR) is 84.2 cm³/mol. The normalized spacial score (nSPS) is 16.2. The lowest BCUT2D eigenvalue weighted by Crippen LogP contribution is -2.37. The minimum Gasteiger partial charge on any atom is -0.497 e. The first-order valence-electron chi connectivity index (χ1n) is 7.02. The van der Waals surface area contributed by atoms with E-state index < -0.39 is 0 Å². The fourth-order valence-corrected chi connectivity index (χ4v) is 2.29. The van der Waals surface area contributed by atoms with Crippen molar-refractivity contribution in [2.45, 2.75) is 19.3 Å². The molecule has 0 aromatic heterocycles. The molecule has 0 radical (unpaired) electrons. The summed E-state index contributed by atoms with van der Waals surface area (Å²) in [5, 5.41) is 2.94. The Kier molecular flexibility index (Phi) is 7.32. The molecule has 1 heterocycles. The molecule has 0 saturated carbocycles. The van der Waals surface area contributed by atoms with Gasteiger partial charge in [-0.2, -0.15) is 0 Å². The van der Waals surface area contributed by atoms with Crippen LogP contribution >= 0.6 is 12.4 Å². The molecule has 118 valence electrons. The summed E-state index contributed by atoms with van der Waals surface area (Å²) in [7, 11) is 1.63. The lowest BCUT2D eigenvalue weighted by molar-refractivity contribution is -0.126. The molecular weight excluding hydrogens is 292 g/mol. The Bertz CT molecular complexity index is 468. The number of amides is 1. The van der Waals surface area contributed by atoms with Crippen molar-refractivity contribution in [2.24, 2.45) is 11.7 Å². The van der Waals surface area contributed by atoms with Crippen LogP contribution in [0.5, 0.6) is 11.5 Å². The smallest absolute Gasteiger partial charge is 0.226 e. The van der Waals surface area contributed by atoms with Crippen molar-refractivity contribution in [3.63, 3.8) is 0 Å². The SMILES string of the molecule is COc1ccc2c(c1)CC(C(=O)NCCCCN)CO2.Cl. The maximum Gasteiger partial charge on any atom is 0.226 e. The molecule has 2 rings (SSSR count). The predicted octanol–water partition coefficient (Wildman–Crippen LogP) is 1.52. The number of fused-ring (bicyclic) bond motifs is 1. The molecule has 1 aromatic carbocycles. The first-order valence-corrected chi connectivity index (χ1v) is 7.02. The van der Waals surface area contributed by atoms with Crippen molar-refractivity contribution >= 4 is 18.3 Å². The fourth-order valence-electron chi connectivity index (χ4n) is 2.29. The highest BCUT2D eigenvalue weighted by Crippen LogP contribution is 2.30. The average molecular weight is 315 g/mol. The highest BCUT2D eigenvalue weighted by atomic mass is 35.5. The summed E-state index contributed by atoms with van der Waals surface area (Å²) in [6.45, 7) is 1.77. The summed E-state index contributed by atoms with van der Waals surface area (Å²) in [6.07, 6.45) is 2.54. The molecule has 3 N–H and O–H groups in total. The van der Waals surface area contributed by atoms with E-state index >= 15 is 0 Å². The zero-order valence-corrected chi connectivity index (χ0v) is 13.1. The molecule has 0 spiro atoms. The van der Waals surface area contributed by atoms with Gasteiger partial charge in [0.15, 0.2) is 0 Å². The number of nitrogens with two attached hydrogens (primary N) is 1. The van der Waals surface area contributed by atoms with Crippen LogP contribution in [0.25, 0.3) is 0 Å². The number of carbonyl (C=O) groups excluding carboxylic acids is 1. The van der Waals surface area contributed by atoms with E-state index in [4.69, 9.17) is 15.2 Å². The van der Waals surface area contributed by atoms with E-state index in [1.165, 1.54) is 0 Å². The molecule has 5 nitrogen and oxygen atoms in total. The Morgan fingerprint density at radius 1 is 1.48 bits per heavy atom. The van der Waals surface area contributed by atoms with Gasteiger partial charge in [-0.15, -0.1) is 12.4 Å². The van der Waals surface area contributed by atoms with Gasteiger partial charge < -0.3 is 20.5 Å². The fraction of sp³-hybridized carbons (Fsp3) is 0.533. The molecule has 1 amide bonds. The van der Waals surface area contributed by atoms with Gasteiger partial charge >= 0.3 is 0 Å². The molecule has 0 fully saturated rings. The van der Waals surface area contributed by atoms with Crippen LogP contribution in [0.4, 0.5) is 0 Å². The summed E-state index contributed by atoms with van der Waals surface area (Å²) in [5.74, 6) is 1.55. The van der Waals surface area contributed by atoms with Crippen LogP contribution in [0.2, 0.25) is 0 Å². The van der Waals surface area contributed by atoms with Crippen LogP contribution in [0.1, 0.15) is 18.4 Å². The molecule has 6 heteroatoms. The Morgan fingerprint density at radius 2 is 2.29 bits per heavy atom. The van der Waals surface area contributed by atoms with Gasteiger partial charge in [0, 0.05) is 6.54 Å². The number of hydrogen-bond donors (Lipinski definition) is 2. The van der Waals surface area contributed by atoms with Gasteiger partial charge in [0.1, 0.15) is 18.1 Å². The summed E-state index contributed by atoms with van der Waals surface area (Å²) in [6, 6.07) is 5.69. The van der Waals surface area contributed by atoms with Gasteiger partial charge in [0.2, 0.25) is 5.91 Å². The van der Waals surface area contributed by atoms with Crippen molar-refractivity contribution in [3.05, 3.63) is 23.8 Å². The third-order valence-corrected chi connectivity index (χ3v) is 3.47. The van der Waals surface area contributed by atoms with Crippen molar-refractivity contribution < 1.29 is 14.3 Å². The van der Waals surface area contributed by atoms with E-state index in [1.807, 2.05) is 18.2 Å². The van der Waals surface area contributed by atoms with Crippen LogP contribution in [0.3, 0.4) is 0 Å². The van der Waals surface area contributed by atoms with Gasteiger partial charge in [0.25, 0.3) is 0 Å². The Hall–Kier alpha value is -1.46. The molecule has 1 aliphatic heterocycles. The van der Waals surface area contributed by atoms with E-state index in [0.29, 0.717) is 26.1 Å². The topological polar surface area (TPSA) is 73.6 Å². The molecule has 1 aromatic rings. The van der Waals surface area contributed by atoms with E-state index in [9.17, 15) is 4.79 Å². The standard InChI is InChI=1S/C15H22N2O3.ClH/c1-19-13-4-5-14-11(9-13)8-12(10-20-14)15(18)17-7-3-2-6-16;/h4-5,9,12H,2-3,6-8,10,16H2,1H3,(H,17,18);1H. The maximum atomic E-state index is 12.1. The molecule has 21 heavy (non-hydrogen) atoms. The van der Waals surface area contributed by atoms with Gasteiger partial charge in [-0.3, -0.25) is 4.79 Å².